The minimum Gasteiger partial charge on any atom is -0.334 e. The molecule has 0 aromatic rings. The van der Waals surface area contributed by atoms with Crippen LogP contribution in [-0.4, -0.2) is 36.6 Å². The van der Waals surface area contributed by atoms with Crippen LogP contribution in [0.5, 0.6) is 0 Å². The monoisotopic (exact) mass is 217 g/mol. The van der Waals surface area contributed by atoms with E-state index >= 15 is 0 Å². The normalized spacial score (nSPS) is 15.8. The molecule has 0 spiro atoms. The maximum absolute atomic E-state index is 5.93. The molecule has 0 bridgehead atoms. The van der Waals surface area contributed by atoms with Gasteiger partial charge in [-0.05, 0) is 55.1 Å². The molecule has 0 radical (unpaired) electrons. The van der Waals surface area contributed by atoms with E-state index in [1.54, 1.807) is 0 Å². The van der Waals surface area contributed by atoms with Gasteiger partial charge in [0.25, 0.3) is 0 Å². The van der Waals surface area contributed by atoms with Crippen LogP contribution in [-0.2, 0) is 9.47 Å². The second kappa shape index (κ2) is 5.28. The Morgan fingerprint density at radius 3 is 1.73 bits per heavy atom. The van der Waals surface area contributed by atoms with Crippen molar-refractivity contribution in [1.82, 2.24) is 4.90 Å². The van der Waals surface area contributed by atoms with Crippen molar-refractivity contribution >= 4 is 0 Å². The molecule has 0 saturated carbocycles. The van der Waals surface area contributed by atoms with Gasteiger partial charge in [-0.25, -0.2) is 0 Å². The number of rotatable bonds is 5. The molecule has 15 heavy (non-hydrogen) atoms. The average Bonchev–Trinajstić information content (AvgIpc) is 2.00. The summed E-state index contributed by atoms with van der Waals surface area (Å²) in [6, 6.07) is 0. The molecule has 0 aromatic heterocycles. The number of ether oxygens (including phenoxy) is 2. The molecule has 0 saturated heterocycles. The third kappa shape index (κ3) is 6.88. The Morgan fingerprint density at radius 2 is 1.47 bits per heavy atom. The molecule has 92 valence electrons. The molecule has 0 heterocycles. The summed E-state index contributed by atoms with van der Waals surface area (Å²) in [4.78, 5) is 1.95. The molecule has 0 amide bonds. The van der Waals surface area contributed by atoms with Gasteiger partial charge in [-0.15, -0.1) is 0 Å². The zero-order chi connectivity index (χ0) is 12.3. The van der Waals surface area contributed by atoms with Crippen LogP contribution in [0, 0.1) is 0 Å². The molecular formula is C12H27NO2. The summed E-state index contributed by atoms with van der Waals surface area (Å²) in [5.74, 6) is 0. The fourth-order valence-corrected chi connectivity index (χ4v) is 0.894. The summed E-state index contributed by atoms with van der Waals surface area (Å²) in [5.41, 5.74) is -0.348. The van der Waals surface area contributed by atoms with Crippen molar-refractivity contribution in [2.45, 2.75) is 65.6 Å². The summed E-state index contributed by atoms with van der Waals surface area (Å²) in [7, 11) is 3.92. The molecule has 3 heteroatoms. The molecule has 3 nitrogen and oxygen atoms in total. The van der Waals surface area contributed by atoms with Gasteiger partial charge < -0.3 is 9.47 Å². The van der Waals surface area contributed by atoms with E-state index in [2.05, 4.69) is 20.8 Å². The molecule has 0 N–H and O–H groups in total. The number of nitrogens with zero attached hydrogens (tertiary/aromatic N) is 1. The van der Waals surface area contributed by atoms with Gasteiger partial charge >= 0.3 is 0 Å². The van der Waals surface area contributed by atoms with E-state index in [4.69, 9.17) is 9.47 Å². The van der Waals surface area contributed by atoms with E-state index in [1.165, 1.54) is 0 Å². The molecule has 0 aliphatic carbocycles. The maximum Gasteiger partial charge on any atom is 0.219 e. The van der Waals surface area contributed by atoms with Gasteiger partial charge in [-0.3, -0.25) is 4.90 Å². The third-order valence-corrected chi connectivity index (χ3v) is 2.15. The lowest BCUT2D eigenvalue weighted by Crippen LogP contribution is -2.44. The molecule has 0 rings (SSSR count). The van der Waals surface area contributed by atoms with Crippen molar-refractivity contribution in [1.29, 1.82) is 0 Å². The molecular weight excluding hydrogens is 190 g/mol. The zero-order valence-corrected chi connectivity index (χ0v) is 11.5. The van der Waals surface area contributed by atoms with Gasteiger partial charge in [0.1, 0.15) is 0 Å². The zero-order valence-electron chi connectivity index (χ0n) is 11.5. The largest absolute Gasteiger partial charge is 0.334 e. The van der Waals surface area contributed by atoms with Crippen LogP contribution in [0.3, 0.4) is 0 Å². The van der Waals surface area contributed by atoms with Gasteiger partial charge in [0.2, 0.25) is 6.41 Å². The highest BCUT2D eigenvalue weighted by molar-refractivity contribution is 4.68. The summed E-state index contributed by atoms with van der Waals surface area (Å²) >= 11 is 0. The van der Waals surface area contributed by atoms with Gasteiger partial charge in [0.15, 0.2) is 0 Å². The van der Waals surface area contributed by atoms with Crippen LogP contribution in [0.4, 0.5) is 0 Å². The van der Waals surface area contributed by atoms with Crippen molar-refractivity contribution in [3.05, 3.63) is 0 Å². The van der Waals surface area contributed by atoms with Crippen molar-refractivity contribution in [3.63, 3.8) is 0 Å². The smallest absolute Gasteiger partial charge is 0.219 e. The Balaban J connectivity index is 4.42. The first kappa shape index (κ1) is 14.9. The van der Waals surface area contributed by atoms with Gasteiger partial charge in [0, 0.05) is 0 Å². The van der Waals surface area contributed by atoms with Gasteiger partial charge in [-0.1, -0.05) is 6.92 Å². The van der Waals surface area contributed by atoms with Crippen LogP contribution in [0.1, 0.15) is 48.0 Å². The Bertz CT molecular complexity index is 183. The Labute approximate surface area is 94.7 Å². The summed E-state index contributed by atoms with van der Waals surface area (Å²) in [6.45, 7) is 12.4. The van der Waals surface area contributed by atoms with E-state index in [1.807, 2.05) is 39.8 Å². The van der Waals surface area contributed by atoms with Gasteiger partial charge in [-0.2, -0.15) is 0 Å². The minimum absolute atomic E-state index is 0.153. The van der Waals surface area contributed by atoms with Crippen LogP contribution < -0.4 is 0 Å². The first-order chi connectivity index (χ1) is 6.57. The van der Waals surface area contributed by atoms with Crippen LogP contribution in [0.25, 0.3) is 0 Å². The first-order valence-corrected chi connectivity index (χ1v) is 5.59. The highest BCUT2D eigenvalue weighted by Gasteiger charge is 2.27. The Kier molecular flexibility index (Phi) is 5.24. The number of hydrogen-bond donors (Lipinski definition) is 0. The highest BCUT2D eigenvalue weighted by atomic mass is 16.7. The first-order valence-electron chi connectivity index (χ1n) is 5.59. The Hall–Kier alpha value is -0.120. The molecule has 1 unspecified atom stereocenters. The second-order valence-corrected chi connectivity index (χ2v) is 5.73. The van der Waals surface area contributed by atoms with Gasteiger partial charge in [0.05, 0.1) is 11.2 Å². The molecule has 0 aliphatic heterocycles. The molecule has 0 aromatic carbocycles. The second-order valence-electron chi connectivity index (χ2n) is 5.73. The maximum atomic E-state index is 5.93. The third-order valence-electron chi connectivity index (χ3n) is 2.15. The topological polar surface area (TPSA) is 21.7 Å². The van der Waals surface area contributed by atoms with E-state index in [9.17, 15) is 0 Å². The molecule has 1 atom stereocenters. The van der Waals surface area contributed by atoms with Crippen LogP contribution in [0.2, 0.25) is 0 Å². The molecule has 0 aliphatic rings. The molecule has 0 fully saturated rings. The number of hydrogen-bond acceptors (Lipinski definition) is 3. The van der Waals surface area contributed by atoms with Crippen molar-refractivity contribution in [2.24, 2.45) is 0 Å². The lowest BCUT2D eigenvalue weighted by molar-refractivity contribution is -0.288. The predicted molar refractivity (Wildman–Crippen MR) is 63.8 cm³/mol. The lowest BCUT2D eigenvalue weighted by Gasteiger charge is -2.36. The van der Waals surface area contributed by atoms with Crippen molar-refractivity contribution in [2.75, 3.05) is 14.1 Å². The van der Waals surface area contributed by atoms with E-state index < -0.39 is 0 Å². The lowest BCUT2D eigenvalue weighted by atomic mass is 10.1. The standard InChI is InChI=1S/C12H27NO2/c1-9-12(5,6)15-10(13(7)8)14-11(2,3)4/h10H,9H2,1-8H3. The summed E-state index contributed by atoms with van der Waals surface area (Å²) < 4.78 is 11.8. The van der Waals surface area contributed by atoms with Crippen molar-refractivity contribution < 1.29 is 9.47 Å². The quantitative estimate of drug-likeness (QED) is 0.661. The van der Waals surface area contributed by atoms with E-state index in [0.29, 0.717) is 0 Å². The average molecular weight is 217 g/mol. The summed E-state index contributed by atoms with van der Waals surface area (Å²) in [5, 5.41) is 0. The predicted octanol–water partition coefficient (Wildman–Crippen LogP) is 2.85. The van der Waals surface area contributed by atoms with E-state index in [0.717, 1.165) is 6.42 Å². The fourth-order valence-electron chi connectivity index (χ4n) is 0.894. The van der Waals surface area contributed by atoms with E-state index in [-0.39, 0.29) is 17.6 Å². The van der Waals surface area contributed by atoms with Crippen LogP contribution in [0.15, 0.2) is 0 Å². The van der Waals surface area contributed by atoms with Crippen molar-refractivity contribution in [3.8, 4) is 0 Å². The Morgan fingerprint density at radius 1 is 1.00 bits per heavy atom. The highest BCUT2D eigenvalue weighted by Crippen LogP contribution is 2.21. The summed E-state index contributed by atoms with van der Waals surface area (Å²) in [6.07, 6.45) is 0.671. The minimum atomic E-state index is -0.292. The SMILES string of the molecule is CCC(C)(C)OC(OC(C)(C)C)N(C)C. The fraction of sp³-hybridized carbons (Fsp3) is 1.00. The van der Waals surface area contributed by atoms with Crippen LogP contribution >= 0.6 is 0 Å².